The fourth-order valence-corrected chi connectivity index (χ4v) is 2.88. The lowest BCUT2D eigenvalue weighted by Gasteiger charge is -2.13. The lowest BCUT2D eigenvalue weighted by atomic mass is 10.2. The van der Waals surface area contributed by atoms with Gasteiger partial charge in [0.15, 0.2) is 6.10 Å². The van der Waals surface area contributed by atoms with Crippen molar-refractivity contribution in [3.05, 3.63) is 76.2 Å². The van der Waals surface area contributed by atoms with Crippen molar-refractivity contribution in [1.82, 2.24) is 9.36 Å². The molecular weight excluding hydrogens is 372 g/mol. The highest BCUT2D eigenvalue weighted by molar-refractivity contribution is 5.97. The molecule has 29 heavy (non-hydrogen) atoms. The average molecular weight is 394 g/mol. The number of nitrogen functional groups attached to an aromatic ring is 1. The molecule has 0 aliphatic carbocycles. The van der Waals surface area contributed by atoms with Crippen LogP contribution in [0.2, 0.25) is 0 Å². The van der Waals surface area contributed by atoms with Crippen LogP contribution in [-0.2, 0) is 16.6 Å². The molecule has 0 aliphatic rings. The Bertz CT molecular complexity index is 1120. The van der Waals surface area contributed by atoms with Gasteiger partial charge in [0, 0.05) is 12.7 Å². The minimum Gasteiger partial charge on any atom is -0.449 e. The maximum Gasteiger partial charge on any atom is 0.338 e. The molecule has 0 saturated heterocycles. The third-order valence-corrected chi connectivity index (χ3v) is 4.58. The van der Waals surface area contributed by atoms with Crippen LogP contribution in [0.1, 0.15) is 23.0 Å². The zero-order valence-electron chi connectivity index (χ0n) is 16.4. The quantitative estimate of drug-likeness (QED) is 0.510. The zero-order chi connectivity index (χ0) is 21.1. The van der Waals surface area contributed by atoms with Crippen molar-refractivity contribution < 1.29 is 14.3 Å². The van der Waals surface area contributed by atoms with Crippen molar-refractivity contribution >= 4 is 23.3 Å². The van der Waals surface area contributed by atoms with Crippen LogP contribution in [-0.4, -0.2) is 27.3 Å². The van der Waals surface area contributed by atoms with E-state index < -0.39 is 18.0 Å². The second-order valence-electron chi connectivity index (χ2n) is 6.60. The number of nitrogens with one attached hydrogen (secondary N) is 1. The van der Waals surface area contributed by atoms with Crippen LogP contribution in [0.15, 0.2) is 59.4 Å². The Morgan fingerprint density at radius 1 is 1.10 bits per heavy atom. The van der Waals surface area contributed by atoms with E-state index >= 15 is 0 Å². The van der Waals surface area contributed by atoms with E-state index in [1.54, 1.807) is 49.0 Å². The number of nitrogens with zero attached hydrogens (tertiary/aromatic N) is 2. The van der Waals surface area contributed by atoms with Crippen LogP contribution < -0.4 is 16.6 Å². The van der Waals surface area contributed by atoms with Crippen LogP contribution in [0.5, 0.6) is 0 Å². The van der Waals surface area contributed by atoms with Crippen LogP contribution in [0.3, 0.4) is 0 Å². The number of anilines is 2. The van der Waals surface area contributed by atoms with Gasteiger partial charge in [0.05, 0.1) is 16.9 Å². The topological polar surface area (TPSA) is 108 Å². The van der Waals surface area contributed by atoms with Crippen molar-refractivity contribution in [3.8, 4) is 5.69 Å². The summed E-state index contributed by atoms with van der Waals surface area (Å²) < 4.78 is 8.31. The Hall–Kier alpha value is -3.81. The summed E-state index contributed by atoms with van der Waals surface area (Å²) in [6.45, 7) is 3.16. The number of esters is 1. The molecule has 3 N–H and O–H groups in total. The summed E-state index contributed by atoms with van der Waals surface area (Å²) in [6.07, 6.45) is -1.10. The number of ether oxygens (including phenoxy) is 1. The molecule has 1 amide bonds. The number of amides is 1. The van der Waals surface area contributed by atoms with Gasteiger partial charge in [0.2, 0.25) is 0 Å². The Morgan fingerprint density at radius 3 is 2.45 bits per heavy atom. The predicted molar refractivity (Wildman–Crippen MR) is 110 cm³/mol. The highest BCUT2D eigenvalue weighted by atomic mass is 16.5. The summed E-state index contributed by atoms with van der Waals surface area (Å²) in [5, 5.41) is 2.58. The Labute approximate surface area is 167 Å². The smallest absolute Gasteiger partial charge is 0.338 e. The van der Waals surface area contributed by atoms with Gasteiger partial charge in [-0.15, -0.1) is 0 Å². The van der Waals surface area contributed by atoms with Gasteiger partial charge >= 0.3 is 5.97 Å². The number of benzene rings is 2. The molecule has 3 rings (SSSR count). The monoisotopic (exact) mass is 394 g/mol. The molecule has 8 nitrogen and oxygen atoms in total. The van der Waals surface area contributed by atoms with E-state index in [1.807, 2.05) is 18.2 Å². The first-order valence-corrected chi connectivity index (χ1v) is 9.01. The summed E-state index contributed by atoms with van der Waals surface area (Å²) in [7, 11) is 1.72. The van der Waals surface area contributed by atoms with E-state index in [0.717, 1.165) is 0 Å². The number of hydrogen-bond donors (Lipinski definition) is 2. The van der Waals surface area contributed by atoms with E-state index in [1.165, 1.54) is 17.7 Å². The third kappa shape index (κ3) is 4.06. The minimum atomic E-state index is -1.10. The predicted octanol–water partition coefficient (Wildman–Crippen LogP) is 2.25. The van der Waals surface area contributed by atoms with Crippen molar-refractivity contribution in [2.24, 2.45) is 7.05 Å². The van der Waals surface area contributed by atoms with Crippen LogP contribution in [0.25, 0.3) is 5.69 Å². The number of aromatic nitrogens is 2. The maximum absolute atomic E-state index is 12.9. The van der Waals surface area contributed by atoms with Gasteiger partial charge in [0.1, 0.15) is 5.69 Å². The van der Waals surface area contributed by atoms with E-state index in [4.69, 9.17) is 10.5 Å². The minimum absolute atomic E-state index is 0.133. The molecule has 150 valence electrons. The highest BCUT2D eigenvalue weighted by Gasteiger charge is 2.23. The van der Waals surface area contributed by atoms with Crippen molar-refractivity contribution in [2.75, 3.05) is 11.1 Å². The Balaban J connectivity index is 1.79. The number of carbonyl (C=O) groups excluding carboxylic acids is 2. The lowest BCUT2D eigenvalue weighted by molar-refractivity contribution is -0.123. The SMILES string of the molecule is Cc1c(NC(=O)C(C)OC(=O)c2cccc(N)c2)c(=O)n(-c2ccccc2)n1C. The second kappa shape index (κ2) is 8.05. The van der Waals surface area contributed by atoms with Gasteiger partial charge in [-0.05, 0) is 44.2 Å². The molecule has 0 saturated carbocycles. The van der Waals surface area contributed by atoms with Crippen LogP contribution >= 0.6 is 0 Å². The Kier molecular flexibility index (Phi) is 5.54. The average Bonchev–Trinajstić information content (AvgIpc) is 2.91. The van der Waals surface area contributed by atoms with Crippen LogP contribution in [0.4, 0.5) is 11.4 Å². The molecule has 0 fully saturated rings. The first kappa shape index (κ1) is 19.9. The van der Waals surface area contributed by atoms with E-state index in [-0.39, 0.29) is 16.8 Å². The van der Waals surface area contributed by atoms with E-state index in [0.29, 0.717) is 17.1 Å². The first-order chi connectivity index (χ1) is 13.8. The zero-order valence-corrected chi connectivity index (χ0v) is 16.4. The molecule has 0 radical (unpaired) electrons. The number of hydrogen-bond acceptors (Lipinski definition) is 5. The van der Waals surface area contributed by atoms with Gasteiger partial charge in [-0.3, -0.25) is 14.3 Å². The second-order valence-corrected chi connectivity index (χ2v) is 6.60. The van der Waals surface area contributed by atoms with Gasteiger partial charge in [-0.25, -0.2) is 9.48 Å². The molecule has 0 aliphatic heterocycles. The number of para-hydroxylation sites is 1. The molecule has 1 heterocycles. The van der Waals surface area contributed by atoms with Crippen molar-refractivity contribution in [1.29, 1.82) is 0 Å². The molecule has 0 spiro atoms. The molecular formula is C21H22N4O4. The molecule has 8 heteroatoms. The van der Waals surface area contributed by atoms with Crippen LogP contribution in [0, 0.1) is 6.92 Å². The summed E-state index contributed by atoms with van der Waals surface area (Å²) in [4.78, 5) is 37.6. The highest BCUT2D eigenvalue weighted by Crippen LogP contribution is 2.15. The van der Waals surface area contributed by atoms with E-state index in [9.17, 15) is 14.4 Å². The molecule has 1 aromatic heterocycles. The van der Waals surface area contributed by atoms with Gasteiger partial charge in [-0.2, -0.15) is 0 Å². The number of nitrogens with two attached hydrogens (primary N) is 1. The summed E-state index contributed by atoms with van der Waals surface area (Å²) in [6, 6.07) is 15.4. The first-order valence-electron chi connectivity index (χ1n) is 9.01. The number of carbonyl (C=O) groups is 2. The molecule has 3 aromatic rings. The largest absolute Gasteiger partial charge is 0.449 e. The molecule has 0 bridgehead atoms. The maximum atomic E-state index is 12.9. The van der Waals surface area contributed by atoms with Gasteiger partial charge in [0.25, 0.3) is 11.5 Å². The normalized spacial score (nSPS) is 11.7. The fourth-order valence-electron chi connectivity index (χ4n) is 2.88. The number of rotatable bonds is 5. The van der Waals surface area contributed by atoms with Crippen molar-refractivity contribution in [2.45, 2.75) is 20.0 Å². The molecule has 2 aromatic carbocycles. The van der Waals surface area contributed by atoms with Gasteiger partial charge in [-0.1, -0.05) is 24.3 Å². The summed E-state index contributed by atoms with van der Waals surface area (Å²) >= 11 is 0. The Morgan fingerprint density at radius 2 is 1.79 bits per heavy atom. The summed E-state index contributed by atoms with van der Waals surface area (Å²) in [5.41, 5.74) is 7.32. The molecule has 1 unspecified atom stereocenters. The fraction of sp³-hybridized carbons (Fsp3) is 0.190. The van der Waals surface area contributed by atoms with E-state index in [2.05, 4.69) is 5.32 Å². The lowest BCUT2D eigenvalue weighted by Crippen LogP contribution is -2.32. The molecule has 1 atom stereocenters. The van der Waals surface area contributed by atoms with Crippen molar-refractivity contribution in [3.63, 3.8) is 0 Å². The summed E-state index contributed by atoms with van der Waals surface area (Å²) in [5.74, 6) is -1.28. The van der Waals surface area contributed by atoms with Gasteiger partial charge < -0.3 is 15.8 Å². The standard InChI is InChI=1S/C21H22N4O4/c1-13-18(20(27)25(24(13)3)17-10-5-4-6-11-17)23-19(26)14(2)29-21(28)15-8-7-9-16(22)12-15/h4-12,14H,22H2,1-3H3,(H,23,26). The third-order valence-electron chi connectivity index (χ3n) is 4.58.